The molecular formula is C17H25F3N2O6S. The number of sulfonamides is 1. The Bertz CT molecular complexity index is 804. The van der Waals surface area contributed by atoms with Crippen LogP contribution < -0.4 is 4.72 Å². The van der Waals surface area contributed by atoms with Gasteiger partial charge in [0.2, 0.25) is 10.0 Å². The van der Waals surface area contributed by atoms with Crippen LogP contribution in [0.4, 0.5) is 13.2 Å². The Morgan fingerprint density at radius 1 is 1.31 bits per heavy atom. The summed E-state index contributed by atoms with van der Waals surface area (Å²) in [6.45, 7) is 7.76. The minimum atomic E-state index is -5.08. The number of fused-ring (bicyclic) bond motifs is 1. The Hall–Kier alpha value is -1.63. The Balaban J connectivity index is 0.000000370. The number of hydrogen-bond acceptors (Lipinski definition) is 6. The number of hydrogen-bond donors (Lipinski definition) is 2. The number of rotatable bonds is 4. The first kappa shape index (κ1) is 23.6. The van der Waals surface area contributed by atoms with Crippen LogP contribution in [0.2, 0.25) is 0 Å². The van der Waals surface area contributed by atoms with E-state index in [9.17, 15) is 21.6 Å². The number of aryl methyl sites for hydroxylation is 2. The summed E-state index contributed by atoms with van der Waals surface area (Å²) >= 11 is 0. The van der Waals surface area contributed by atoms with Crippen molar-refractivity contribution >= 4 is 16.0 Å². The molecular weight excluding hydrogens is 417 g/mol. The molecule has 3 heterocycles. The molecule has 0 aliphatic carbocycles. The van der Waals surface area contributed by atoms with Gasteiger partial charge in [0.15, 0.2) is 0 Å². The summed E-state index contributed by atoms with van der Waals surface area (Å²) in [7, 11) is -3.21. The van der Waals surface area contributed by atoms with E-state index in [2.05, 4.69) is 15.7 Å². The van der Waals surface area contributed by atoms with Crippen LogP contribution in [0.25, 0.3) is 0 Å². The molecule has 2 fully saturated rings. The van der Waals surface area contributed by atoms with Gasteiger partial charge in [-0.25, -0.2) is 17.9 Å². The second-order valence-electron chi connectivity index (χ2n) is 7.41. The minimum Gasteiger partial charge on any atom is -0.475 e. The van der Waals surface area contributed by atoms with Crippen LogP contribution in [-0.2, 0) is 26.1 Å². The molecule has 29 heavy (non-hydrogen) atoms. The zero-order valence-electron chi connectivity index (χ0n) is 16.3. The van der Waals surface area contributed by atoms with E-state index in [4.69, 9.17) is 19.1 Å². The minimum absolute atomic E-state index is 0.126. The number of carboxylic acids is 1. The van der Waals surface area contributed by atoms with Crippen molar-refractivity contribution in [1.29, 1.82) is 0 Å². The molecule has 1 aromatic heterocycles. The van der Waals surface area contributed by atoms with Crippen LogP contribution in [0, 0.1) is 25.7 Å². The molecule has 0 saturated carbocycles. The van der Waals surface area contributed by atoms with E-state index < -0.39 is 22.2 Å². The Morgan fingerprint density at radius 2 is 1.93 bits per heavy atom. The second-order valence-corrected chi connectivity index (χ2v) is 9.19. The third kappa shape index (κ3) is 6.98. The van der Waals surface area contributed by atoms with Crippen molar-refractivity contribution in [2.24, 2.45) is 11.8 Å². The lowest BCUT2D eigenvalue weighted by atomic mass is 9.88. The maximum atomic E-state index is 11.5. The molecule has 0 spiro atoms. The molecule has 12 heteroatoms. The monoisotopic (exact) mass is 442 g/mol. The van der Waals surface area contributed by atoms with Gasteiger partial charge in [-0.15, -0.1) is 0 Å². The number of nitrogens with zero attached hydrogens (tertiary/aromatic N) is 1. The van der Waals surface area contributed by atoms with Gasteiger partial charge in [0.05, 0.1) is 26.0 Å². The fourth-order valence-corrected chi connectivity index (χ4v) is 4.36. The van der Waals surface area contributed by atoms with Crippen LogP contribution in [0.5, 0.6) is 0 Å². The quantitative estimate of drug-likeness (QED) is 0.728. The molecule has 2 aliphatic rings. The molecule has 2 aliphatic heterocycles. The van der Waals surface area contributed by atoms with E-state index in [1.54, 1.807) is 0 Å². The van der Waals surface area contributed by atoms with Gasteiger partial charge in [0, 0.05) is 25.0 Å². The van der Waals surface area contributed by atoms with Crippen LogP contribution in [0.15, 0.2) is 10.5 Å². The summed E-state index contributed by atoms with van der Waals surface area (Å²) < 4.78 is 68.8. The Morgan fingerprint density at radius 3 is 2.41 bits per heavy atom. The van der Waals surface area contributed by atoms with Crippen molar-refractivity contribution in [3.05, 3.63) is 23.2 Å². The summed E-state index contributed by atoms with van der Waals surface area (Å²) in [5.41, 5.74) is 1.17. The fourth-order valence-electron chi connectivity index (χ4n) is 3.56. The first-order chi connectivity index (χ1) is 13.3. The van der Waals surface area contributed by atoms with Gasteiger partial charge < -0.3 is 14.3 Å². The average Bonchev–Trinajstić information content (AvgIpc) is 3.09. The topological polar surface area (TPSA) is 109 Å². The molecule has 3 atom stereocenters. The zero-order valence-corrected chi connectivity index (χ0v) is 17.1. The van der Waals surface area contributed by atoms with Crippen LogP contribution in [0.3, 0.4) is 0 Å². The number of carboxylic acid groups (broad SMARTS) is 1. The number of ether oxygens (including phenoxy) is 1. The van der Waals surface area contributed by atoms with Gasteiger partial charge in [-0.05, 0) is 31.4 Å². The number of likely N-dealkylation sites (tertiary alicyclic amines) is 1. The van der Waals surface area contributed by atoms with Crippen molar-refractivity contribution in [2.45, 2.75) is 32.6 Å². The van der Waals surface area contributed by atoms with Crippen LogP contribution >= 0.6 is 0 Å². The van der Waals surface area contributed by atoms with Crippen molar-refractivity contribution in [3.8, 4) is 0 Å². The molecule has 2 N–H and O–H groups in total. The number of carbonyl (C=O) groups is 1. The third-order valence-corrected chi connectivity index (χ3v) is 5.65. The van der Waals surface area contributed by atoms with Crippen molar-refractivity contribution in [2.75, 3.05) is 32.6 Å². The number of halogens is 3. The maximum absolute atomic E-state index is 11.5. The van der Waals surface area contributed by atoms with Crippen molar-refractivity contribution in [3.63, 3.8) is 0 Å². The highest BCUT2D eigenvalue weighted by Gasteiger charge is 2.42. The summed E-state index contributed by atoms with van der Waals surface area (Å²) in [6.07, 6.45) is -3.88. The number of alkyl halides is 3. The first-order valence-corrected chi connectivity index (χ1v) is 10.8. The lowest BCUT2D eigenvalue weighted by Gasteiger charge is -2.32. The van der Waals surface area contributed by atoms with Gasteiger partial charge in [-0.1, -0.05) is 0 Å². The molecule has 3 rings (SSSR count). The third-order valence-electron chi connectivity index (χ3n) is 4.92. The average molecular weight is 442 g/mol. The predicted molar refractivity (Wildman–Crippen MR) is 96.7 cm³/mol. The summed E-state index contributed by atoms with van der Waals surface area (Å²) in [6, 6.07) is 1.96. The highest BCUT2D eigenvalue weighted by molar-refractivity contribution is 7.88. The molecule has 0 bridgehead atoms. The van der Waals surface area contributed by atoms with E-state index in [0.29, 0.717) is 25.0 Å². The molecule has 0 aromatic carbocycles. The standard InChI is InChI=1S/C15H24N2O4S.C2HF3O2/c1-10-4-13(21-11(10)2)6-17-5-12-8-20-9-15(14(12)7-17)16-22(3,18)19;3-2(4,5)1(6)7/h4,12,14-16H,5-9H2,1-3H3;(H,6,7)/t12-,14-,15+;/m1./s1. The molecule has 1 aromatic rings. The highest BCUT2D eigenvalue weighted by atomic mass is 32.2. The van der Waals surface area contributed by atoms with Crippen LogP contribution in [-0.4, -0.2) is 69.2 Å². The summed E-state index contributed by atoms with van der Waals surface area (Å²) in [5, 5.41) is 7.12. The smallest absolute Gasteiger partial charge is 0.475 e. The molecule has 166 valence electrons. The zero-order chi connectivity index (χ0) is 22.0. The van der Waals surface area contributed by atoms with E-state index in [0.717, 1.165) is 31.2 Å². The SMILES string of the molecule is Cc1cc(CN2C[C@@H]3COC[C@H](NS(C)(=O)=O)[C@@H]3C2)oc1C.O=C(O)C(F)(F)F. The van der Waals surface area contributed by atoms with E-state index >= 15 is 0 Å². The van der Waals surface area contributed by atoms with Crippen LogP contribution in [0.1, 0.15) is 17.1 Å². The largest absolute Gasteiger partial charge is 0.490 e. The second kappa shape index (κ2) is 9.02. The molecule has 0 unspecified atom stereocenters. The number of nitrogens with one attached hydrogen (secondary N) is 1. The van der Waals surface area contributed by atoms with Gasteiger partial charge in [-0.3, -0.25) is 4.90 Å². The van der Waals surface area contributed by atoms with E-state index in [-0.39, 0.29) is 6.04 Å². The van der Waals surface area contributed by atoms with Gasteiger partial charge in [-0.2, -0.15) is 13.2 Å². The maximum Gasteiger partial charge on any atom is 0.490 e. The predicted octanol–water partition coefficient (Wildman–Crippen LogP) is 1.53. The lowest BCUT2D eigenvalue weighted by molar-refractivity contribution is -0.192. The number of aliphatic carboxylic acids is 1. The molecule has 0 radical (unpaired) electrons. The normalized spacial score (nSPS) is 25.2. The van der Waals surface area contributed by atoms with Gasteiger partial charge in [0.25, 0.3) is 0 Å². The summed E-state index contributed by atoms with van der Waals surface area (Å²) in [5.74, 6) is -0.132. The van der Waals surface area contributed by atoms with E-state index in [1.165, 1.54) is 11.8 Å². The van der Waals surface area contributed by atoms with Gasteiger partial charge >= 0.3 is 12.1 Å². The summed E-state index contributed by atoms with van der Waals surface area (Å²) in [4.78, 5) is 11.2. The van der Waals surface area contributed by atoms with Gasteiger partial charge in [0.1, 0.15) is 11.5 Å². The number of furan rings is 1. The Labute approximate surface area is 167 Å². The van der Waals surface area contributed by atoms with E-state index in [1.807, 2.05) is 13.8 Å². The first-order valence-electron chi connectivity index (χ1n) is 8.89. The Kier molecular flexibility index (Phi) is 7.36. The highest BCUT2D eigenvalue weighted by Crippen LogP contribution is 2.32. The fraction of sp³-hybridized carbons (Fsp3) is 0.706. The molecule has 2 saturated heterocycles. The van der Waals surface area contributed by atoms with Crippen molar-refractivity contribution < 1.29 is 40.6 Å². The lowest BCUT2D eigenvalue weighted by Crippen LogP contribution is -2.49. The molecule has 0 amide bonds. The molecule has 8 nitrogen and oxygen atoms in total. The van der Waals surface area contributed by atoms with Crippen molar-refractivity contribution in [1.82, 2.24) is 9.62 Å².